The number of aromatic amines is 1. The van der Waals surface area contributed by atoms with E-state index in [1.54, 1.807) is 18.2 Å². The predicted octanol–water partition coefficient (Wildman–Crippen LogP) is 2.08. The number of carboxylic acid groups (broad SMARTS) is 1. The summed E-state index contributed by atoms with van der Waals surface area (Å²) in [6.07, 6.45) is 1.01. The van der Waals surface area contributed by atoms with Crippen LogP contribution in [0, 0.1) is 0 Å². The average molecular weight is 219 g/mol. The van der Waals surface area contributed by atoms with Crippen LogP contribution < -0.4 is 5.32 Å². The van der Waals surface area contributed by atoms with E-state index in [4.69, 9.17) is 5.11 Å². The number of hydrogen-bond donors (Lipinski definition) is 3. The average Bonchev–Trinajstić information content (AvgIpc) is 2.67. The van der Waals surface area contributed by atoms with E-state index >= 15 is 0 Å². The highest BCUT2D eigenvalue weighted by atomic mass is 16.4. The molecular weight excluding hydrogens is 206 g/mol. The lowest BCUT2D eigenvalue weighted by Crippen LogP contribution is -2.00. The van der Waals surface area contributed by atoms with Crippen LogP contribution >= 0.6 is 0 Å². The SMILES string of the molecule is CCCNc1nc2ccc(C(=O)O)cc2[nH]1. The molecule has 1 aromatic heterocycles. The van der Waals surface area contributed by atoms with Crippen molar-refractivity contribution in [1.29, 1.82) is 0 Å². The molecule has 5 heteroatoms. The highest BCUT2D eigenvalue weighted by Gasteiger charge is 2.06. The van der Waals surface area contributed by atoms with Gasteiger partial charge in [-0.3, -0.25) is 0 Å². The lowest BCUT2D eigenvalue weighted by Gasteiger charge is -1.96. The fraction of sp³-hybridized carbons (Fsp3) is 0.273. The normalized spacial score (nSPS) is 10.6. The van der Waals surface area contributed by atoms with Gasteiger partial charge in [0.05, 0.1) is 16.6 Å². The Morgan fingerprint density at radius 1 is 1.56 bits per heavy atom. The monoisotopic (exact) mass is 219 g/mol. The van der Waals surface area contributed by atoms with E-state index in [1.807, 2.05) is 0 Å². The maximum atomic E-state index is 10.8. The van der Waals surface area contributed by atoms with Gasteiger partial charge >= 0.3 is 5.97 Å². The molecule has 0 unspecified atom stereocenters. The largest absolute Gasteiger partial charge is 0.478 e. The van der Waals surface area contributed by atoms with Gasteiger partial charge in [0.1, 0.15) is 0 Å². The first-order chi connectivity index (χ1) is 7.70. The van der Waals surface area contributed by atoms with Crippen molar-refractivity contribution in [2.45, 2.75) is 13.3 Å². The van der Waals surface area contributed by atoms with E-state index in [0.29, 0.717) is 5.95 Å². The summed E-state index contributed by atoms with van der Waals surface area (Å²) in [6, 6.07) is 4.84. The Morgan fingerprint density at radius 3 is 3.06 bits per heavy atom. The minimum absolute atomic E-state index is 0.262. The number of imidazole rings is 1. The van der Waals surface area contributed by atoms with E-state index in [-0.39, 0.29) is 5.56 Å². The molecule has 16 heavy (non-hydrogen) atoms. The fourth-order valence-corrected chi connectivity index (χ4v) is 1.47. The summed E-state index contributed by atoms with van der Waals surface area (Å²) in [5.74, 6) is -0.251. The van der Waals surface area contributed by atoms with Crippen LogP contribution in [0.5, 0.6) is 0 Å². The zero-order valence-electron chi connectivity index (χ0n) is 8.95. The third-order valence-corrected chi connectivity index (χ3v) is 2.27. The van der Waals surface area contributed by atoms with Crippen molar-refractivity contribution in [1.82, 2.24) is 9.97 Å². The van der Waals surface area contributed by atoms with Gasteiger partial charge in [0.2, 0.25) is 5.95 Å². The number of aromatic carboxylic acids is 1. The number of H-pyrrole nitrogens is 1. The molecule has 1 aromatic carbocycles. The van der Waals surface area contributed by atoms with Crippen LogP contribution in [0.25, 0.3) is 11.0 Å². The second-order valence-corrected chi connectivity index (χ2v) is 3.55. The molecule has 0 bridgehead atoms. The molecule has 0 spiro atoms. The van der Waals surface area contributed by atoms with Gasteiger partial charge < -0.3 is 15.4 Å². The molecule has 0 aliphatic heterocycles. The first kappa shape index (κ1) is 10.5. The number of nitrogens with one attached hydrogen (secondary N) is 2. The minimum atomic E-state index is -0.931. The number of carbonyl (C=O) groups is 1. The Kier molecular flexibility index (Phi) is 2.76. The van der Waals surface area contributed by atoms with Gasteiger partial charge in [-0.05, 0) is 24.6 Å². The van der Waals surface area contributed by atoms with E-state index in [1.165, 1.54) is 0 Å². The number of benzene rings is 1. The Hall–Kier alpha value is -2.04. The highest BCUT2D eigenvalue weighted by molar-refractivity contribution is 5.92. The van der Waals surface area contributed by atoms with Gasteiger partial charge in [-0.2, -0.15) is 0 Å². The summed E-state index contributed by atoms with van der Waals surface area (Å²) in [4.78, 5) is 18.1. The van der Waals surface area contributed by atoms with Crippen molar-refractivity contribution in [2.75, 3.05) is 11.9 Å². The van der Waals surface area contributed by atoms with Crippen LogP contribution in [0.2, 0.25) is 0 Å². The molecule has 0 aliphatic carbocycles. The lowest BCUT2D eigenvalue weighted by atomic mass is 10.2. The number of aromatic nitrogens is 2. The van der Waals surface area contributed by atoms with Crippen LogP contribution in [-0.2, 0) is 0 Å². The molecule has 2 aromatic rings. The molecule has 84 valence electrons. The predicted molar refractivity (Wildman–Crippen MR) is 61.8 cm³/mol. The Morgan fingerprint density at radius 2 is 2.38 bits per heavy atom. The molecule has 0 amide bonds. The Bertz CT molecular complexity index is 519. The number of hydrogen-bond acceptors (Lipinski definition) is 3. The zero-order valence-corrected chi connectivity index (χ0v) is 8.95. The molecule has 0 fully saturated rings. The van der Waals surface area contributed by atoms with Crippen molar-refractivity contribution in [3.8, 4) is 0 Å². The molecular formula is C11H13N3O2. The molecule has 3 N–H and O–H groups in total. The van der Waals surface area contributed by atoms with Gasteiger partial charge in [0.25, 0.3) is 0 Å². The second-order valence-electron chi connectivity index (χ2n) is 3.55. The third kappa shape index (κ3) is 1.98. The van der Waals surface area contributed by atoms with Crippen molar-refractivity contribution in [3.05, 3.63) is 23.8 Å². The van der Waals surface area contributed by atoms with Crippen LogP contribution in [0.1, 0.15) is 23.7 Å². The maximum Gasteiger partial charge on any atom is 0.335 e. The van der Waals surface area contributed by atoms with Gasteiger partial charge in [-0.25, -0.2) is 9.78 Å². The topological polar surface area (TPSA) is 78.0 Å². The molecule has 0 saturated carbocycles. The zero-order chi connectivity index (χ0) is 11.5. The number of carboxylic acids is 1. The first-order valence-electron chi connectivity index (χ1n) is 5.17. The molecule has 5 nitrogen and oxygen atoms in total. The maximum absolute atomic E-state index is 10.8. The summed E-state index contributed by atoms with van der Waals surface area (Å²) in [5.41, 5.74) is 1.76. The fourth-order valence-electron chi connectivity index (χ4n) is 1.47. The van der Waals surface area contributed by atoms with Crippen molar-refractivity contribution in [2.24, 2.45) is 0 Å². The quantitative estimate of drug-likeness (QED) is 0.735. The van der Waals surface area contributed by atoms with E-state index < -0.39 is 5.97 Å². The molecule has 1 heterocycles. The molecule has 0 aliphatic rings. The standard InChI is InChI=1S/C11H13N3O2/c1-2-5-12-11-13-8-4-3-7(10(15)16)6-9(8)14-11/h3-4,6H,2,5H2,1H3,(H,15,16)(H2,12,13,14). The van der Waals surface area contributed by atoms with Gasteiger partial charge in [-0.1, -0.05) is 6.92 Å². The number of fused-ring (bicyclic) bond motifs is 1. The molecule has 2 rings (SSSR count). The summed E-state index contributed by atoms with van der Waals surface area (Å²) in [6.45, 7) is 2.91. The number of anilines is 1. The summed E-state index contributed by atoms with van der Waals surface area (Å²) < 4.78 is 0. The lowest BCUT2D eigenvalue weighted by molar-refractivity contribution is 0.0697. The Balaban J connectivity index is 2.34. The number of nitrogens with zero attached hydrogens (tertiary/aromatic N) is 1. The highest BCUT2D eigenvalue weighted by Crippen LogP contribution is 2.16. The smallest absolute Gasteiger partial charge is 0.335 e. The third-order valence-electron chi connectivity index (χ3n) is 2.27. The van der Waals surface area contributed by atoms with Crippen molar-refractivity contribution in [3.63, 3.8) is 0 Å². The van der Waals surface area contributed by atoms with Crippen LogP contribution in [0.15, 0.2) is 18.2 Å². The van der Waals surface area contributed by atoms with Gasteiger partial charge in [0.15, 0.2) is 0 Å². The van der Waals surface area contributed by atoms with Crippen LogP contribution in [0.4, 0.5) is 5.95 Å². The summed E-state index contributed by atoms with van der Waals surface area (Å²) in [7, 11) is 0. The van der Waals surface area contributed by atoms with E-state index in [9.17, 15) is 4.79 Å². The van der Waals surface area contributed by atoms with E-state index in [0.717, 1.165) is 24.0 Å². The Labute approximate surface area is 92.5 Å². The first-order valence-corrected chi connectivity index (χ1v) is 5.17. The van der Waals surface area contributed by atoms with Crippen LogP contribution in [-0.4, -0.2) is 27.6 Å². The summed E-state index contributed by atoms with van der Waals surface area (Å²) >= 11 is 0. The number of rotatable bonds is 4. The van der Waals surface area contributed by atoms with Crippen LogP contribution in [0.3, 0.4) is 0 Å². The second kappa shape index (κ2) is 4.22. The van der Waals surface area contributed by atoms with E-state index in [2.05, 4.69) is 22.2 Å². The van der Waals surface area contributed by atoms with Gasteiger partial charge in [-0.15, -0.1) is 0 Å². The molecule has 0 radical (unpaired) electrons. The van der Waals surface area contributed by atoms with Gasteiger partial charge in [0, 0.05) is 6.54 Å². The van der Waals surface area contributed by atoms with Crippen molar-refractivity contribution >= 4 is 23.0 Å². The minimum Gasteiger partial charge on any atom is -0.478 e. The molecule has 0 atom stereocenters. The molecule has 0 saturated heterocycles. The summed E-state index contributed by atoms with van der Waals surface area (Å²) in [5, 5.41) is 12.0. The van der Waals surface area contributed by atoms with Crippen molar-refractivity contribution < 1.29 is 9.90 Å².